The Morgan fingerprint density at radius 3 is 1.88 bits per heavy atom. The van der Waals surface area contributed by atoms with Crippen molar-refractivity contribution in [2.75, 3.05) is 0 Å². The summed E-state index contributed by atoms with van der Waals surface area (Å²) in [5, 5.41) is 21.0. The lowest BCUT2D eigenvalue weighted by atomic mass is 9.78. The van der Waals surface area contributed by atoms with E-state index >= 15 is 0 Å². The Kier molecular flexibility index (Phi) is 4.10. The lowest BCUT2D eigenvalue weighted by Gasteiger charge is -2.15. The van der Waals surface area contributed by atoms with E-state index in [-0.39, 0.29) is 0 Å². The minimum atomic E-state index is -1.46. The Labute approximate surface area is 147 Å². The SMILES string of the molecule is OB(O)c1ccc2c(-c3ccccc3)c(-c3ccccc3)ccc2c1. The molecule has 0 amide bonds. The van der Waals surface area contributed by atoms with Crippen LogP contribution in [-0.4, -0.2) is 17.2 Å². The van der Waals surface area contributed by atoms with Crippen LogP contribution in [0.15, 0.2) is 91.0 Å². The number of benzene rings is 4. The van der Waals surface area contributed by atoms with Crippen molar-refractivity contribution in [2.45, 2.75) is 0 Å². The quantitative estimate of drug-likeness (QED) is 0.562. The van der Waals surface area contributed by atoms with Crippen LogP contribution in [0.5, 0.6) is 0 Å². The second-order valence-corrected chi connectivity index (χ2v) is 6.07. The Morgan fingerprint density at radius 1 is 0.600 bits per heavy atom. The average Bonchev–Trinajstić information content (AvgIpc) is 2.68. The van der Waals surface area contributed by atoms with Crippen molar-refractivity contribution >= 4 is 23.4 Å². The minimum Gasteiger partial charge on any atom is -0.423 e. The van der Waals surface area contributed by atoms with Crippen molar-refractivity contribution < 1.29 is 10.0 Å². The summed E-state index contributed by atoms with van der Waals surface area (Å²) in [4.78, 5) is 0. The summed E-state index contributed by atoms with van der Waals surface area (Å²) in [6.45, 7) is 0. The van der Waals surface area contributed by atoms with Gasteiger partial charge in [-0.3, -0.25) is 0 Å². The Hall–Kier alpha value is -2.88. The summed E-state index contributed by atoms with van der Waals surface area (Å²) < 4.78 is 0. The lowest BCUT2D eigenvalue weighted by molar-refractivity contribution is 0.426. The van der Waals surface area contributed by atoms with Gasteiger partial charge in [-0.05, 0) is 38.5 Å². The number of hydrogen-bond acceptors (Lipinski definition) is 2. The average molecular weight is 324 g/mol. The van der Waals surface area contributed by atoms with Crippen LogP contribution in [0, 0.1) is 0 Å². The normalized spacial score (nSPS) is 10.8. The van der Waals surface area contributed by atoms with Crippen molar-refractivity contribution in [1.82, 2.24) is 0 Å². The molecule has 0 unspecified atom stereocenters. The highest BCUT2D eigenvalue weighted by Crippen LogP contribution is 2.37. The molecule has 0 spiro atoms. The topological polar surface area (TPSA) is 40.5 Å². The molecular formula is C22H17BO2. The van der Waals surface area contributed by atoms with E-state index in [0.717, 1.165) is 33.0 Å². The second-order valence-electron chi connectivity index (χ2n) is 6.07. The fraction of sp³-hybridized carbons (Fsp3) is 0. The highest BCUT2D eigenvalue weighted by atomic mass is 16.4. The molecule has 0 radical (unpaired) electrons. The predicted octanol–water partition coefficient (Wildman–Crippen LogP) is 3.85. The molecule has 0 aromatic heterocycles. The van der Waals surface area contributed by atoms with Crippen LogP contribution in [0.25, 0.3) is 33.0 Å². The zero-order valence-electron chi connectivity index (χ0n) is 13.6. The van der Waals surface area contributed by atoms with Gasteiger partial charge in [0, 0.05) is 0 Å². The lowest BCUT2D eigenvalue weighted by Crippen LogP contribution is -2.29. The molecular weight excluding hydrogens is 307 g/mol. The molecule has 0 bridgehead atoms. The van der Waals surface area contributed by atoms with Crippen LogP contribution in [-0.2, 0) is 0 Å². The van der Waals surface area contributed by atoms with Gasteiger partial charge >= 0.3 is 7.12 Å². The monoisotopic (exact) mass is 324 g/mol. The Morgan fingerprint density at radius 2 is 1.24 bits per heavy atom. The first kappa shape index (κ1) is 15.6. The number of rotatable bonds is 3. The summed E-state index contributed by atoms with van der Waals surface area (Å²) in [6, 6.07) is 30.3. The molecule has 0 fully saturated rings. The Balaban J connectivity index is 2.04. The van der Waals surface area contributed by atoms with E-state index in [1.54, 1.807) is 6.07 Å². The highest BCUT2D eigenvalue weighted by molar-refractivity contribution is 6.59. The fourth-order valence-corrected chi connectivity index (χ4v) is 3.28. The molecule has 0 atom stereocenters. The molecule has 0 saturated heterocycles. The van der Waals surface area contributed by atoms with Crippen LogP contribution in [0.4, 0.5) is 0 Å². The zero-order chi connectivity index (χ0) is 17.2. The standard InChI is InChI=1S/C22H17BO2/c24-23(25)19-12-14-21-18(15-19)11-13-20(16-7-3-1-4-8-16)22(21)17-9-5-2-6-10-17/h1-15,24-25H. The molecule has 0 aliphatic heterocycles. The summed E-state index contributed by atoms with van der Waals surface area (Å²) in [6.07, 6.45) is 0. The summed E-state index contributed by atoms with van der Waals surface area (Å²) in [5.41, 5.74) is 5.12. The maximum atomic E-state index is 9.46. The van der Waals surface area contributed by atoms with E-state index in [9.17, 15) is 10.0 Å². The van der Waals surface area contributed by atoms with E-state index < -0.39 is 7.12 Å². The molecule has 4 aromatic rings. The van der Waals surface area contributed by atoms with Crippen LogP contribution in [0.3, 0.4) is 0 Å². The first-order valence-electron chi connectivity index (χ1n) is 8.28. The van der Waals surface area contributed by atoms with Gasteiger partial charge in [-0.25, -0.2) is 0 Å². The van der Waals surface area contributed by atoms with E-state index in [1.807, 2.05) is 54.6 Å². The maximum absolute atomic E-state index is 9.46. The first-order valence-corrected chi connectivity index (χ1v) is 8.28. The van der Waals surface area contributed by atoms with Crippen molar-refractivity contribution in [3.05, 3.63) is 91.0 Å². The smallest absolute Gasteiger partial charge is 0.423 e. The van der Waals surface area contributed by atoms with Crippen molar-refractivity contribution in [1.29, 1.82) is 0 Å². The molecule has 0 aliphatic rings. The van der Waals surface area contributed by atoms with Gasteiger partial charge in [-0.2, -0.15) is 0 Å². The third kappa shape index (κ3) is 2.96. The van der Waals surface area contributed by atoms with Gasteiger partial charge in [0.1, 0.15) is 0 Å². The Bertz CT molecular complexity index is 1010. The number of hydrogen-bond donors (Lipinski definition) is 2. The second kappa shape index (κ2) is 6.56. The van der Waals surface area contributed by atoms with Gasteiger partial charge in [0.25, 0.3) is 0 Å². The van der Waals surface area contributed by atoms with E-state index in [4.69, 9.17) is 0 Å². The van der Waals surface area contributed by atoms with Crippen molar-refractivity contribution in [2.24, 2.45) is 0 Å². The summed E-state index contributed by atoms with van der Waals surface area (Å²) in [5.74, 6) is 0. The van der Waals surface area contributed by atoms with Crippen LogP contribution >= 0.6 is 0 Å². The predicted molar refractivity (Wildman–Crippen MR) is 105 cm³/mol. The first-order chi connectivity index (χ1) is 12.2. The molecule has 0 heterocycles. The summed E-state index contributed by atoms with van der Waals surface area (Å²) >= 11 is 0. The third-order valence-electron chi connectivity index (χ3n) is 4.49. The summed E-state index contributed by atoms with van der Waals surface area (Å²) in [7, 11) is -1.46. The van der Waals surface area contributed by atoms with Gasteiger partial charge < -0.3 is 10.0 Å². The minimum absolute atomic E-state index is 0.499. The molecule has 0 saturated carbocycles. The molecule has 25 heavy (non-hydrogen) atoms. The van der Waals surface area contributed by atoms with E-state index in [1.165, 1.54) is 0 Å². The van der Waals surface area contributed by atoms with Gasteiger partial charge in [-0.15, -0.1) is 0 Å². The van der Waals surface area contributed by atoms with Gasteiger partial charge in [0.15, 0.2) is 0 Å². The van der Waals surface area contributed by atoms with Crippen molar-refractivity contribution in [3.63, 3.8) is 0 Å². The molecule has 2 nitrogen and oxygen atoms in total. The molecule has 4 rings (SSSR count). The van der Waals surface area contributed by atoms with Crippen LogP contribution in [0.1, 0.15) is 0 Å². The van der Waals surface area contributed by atoms with Crippen LogP contribution < -0.4 is 5.46 Å². The molecule has 0 aliphatic carbocycles. The zero-order valence-corrected chi connectivity index (χ0v) is 13.6. The van der Waals surface area contributed by atoms with Crippen LogP contribution in [0.2, 0.25) is 0 Å². The van der Waals surface area contributed by atoms with Gasteiger partial charge in [0.2, 0.25) is 0 Å². The third-order valence-corrected chi connectivity index (χ3v) is 4.49. The highest BCUT2D eigenvalue weighted by Gasteiger charge is 2.15. The fourth-order valence-electron chi connectivity index (χ4n) is 3.28. The van der Waals surface area contributed by atoms with E-state index in [0.29, 0.717) is 5.46 Å². The van der Waals surface area contributed by atoms with Crippen molar-refractivity contribution in [3.8, 4) is 22.3 Å². The molecule has 4 aromatic carbocycles. The maximum Gasteiger partial charge on any atom is 0.488 e. The molecule has 3 heteroatoms. The largest absolute Gasteiger partial charge is 0.488 e. The van der Waals surface area contributed by atoms with E-state index in [2.05, 4.69) is 30.3 Å². The molecule has 2 N–H and O–H groups in total. The number of fused-ring (bicyclic) bond motifs is 1. The molecule has 120 valence electrons. The van der Waals surface area contributed by atoms with Gasteiger partial charge in [0.05, 0.1) is 0 Å². The van der Waals surface area contributed by atoms with Gasteiger partial charge in [-0.1, -0.05) is 91.0 Å².